The summed E-state index contributed by atoms with van der Waals surface area (Å²) in [5.74, 6) is 6.08. The molecule has 0 bridgehead atoms. The number of halogens is 3. The predicted molar refractivity (Wildman–Crippen MR) is 133 cm³/mol. The van der Waals surface area contributed by atoms with Gasteiger partial charge in [-0.1, -0.05) is 12.0 Å². The fraction of sp³-hybridized carbons (Fsp3) is 0.458. The lowest BCUT2D eigenvalue weighted by molar-refractivity contribution is -0.206. The van der Waals surface area contributed by atoms with E-state index in [4.69, 9.17) is 4.74 Å². The normalized spacial score (nSPS) is 17.8. The van der Waals surface area contributed by atoms with Crippen molar-refractivity contribution in [2.75, 3.05) is 29.9 Å². The minimum absolute atomic E-state index is 0.0321. The summed E-state index contributed by atoms with van der Waals surface area (Å²) in [5, 5.41) is 11.9. The molecule has 0 spiro atoms. The molecule has 2 unspecified atom stereocenters. The van der Waals surface area contributed by atoms with E-state index in [9.17, 15) is 31.5 Å². The molecule has 3 heterocycles. The highest BCUT2D eigenvalue weighted by atomic mass is 32.2. The van der Waals surface area contributed by atoms with Gasteiger partial charge in [0.2, 0.25) is 10.0 Å². The van der Waals surface area contributed by atoms with E-state index in [0.29, 0.717) is 5.82 Å². The van der Waals surface area contributed by atoms with Crippen molar-refractivity contribution in [1.82, 2.24) is 14.3 Å². The summed E-state index contributed by atoms with van der Waals surface area (Å²) in [6.45, 7) is 6.88. The summed E-state index contributed by atoms with van der Waals surface area (Å²) in [6, 6.07) is 4.48. The molecule has 2 N–H and O–H groups in total. The first-order valence-electron chi connectivity index (χ1n) is 11.5. The third kappa shape index (κ3) is 7.12. The number of hydrogen-bond donors (Lipinski definition) is 2. The SMILES string of the molecule is CC#CC1CN(S(=O)(=O)c2ccc(NC(=O)OC(C)(C)C)nc2)CCN1c1ccc(C(O)C(F)(F)F)cn1. The van der Waals surface area contributed by atoms with E-state index in [2.05, 4.69) is 27.1 Å². The number of piperazine rings is 1. The maximum absolute atomic E-state index is 13.3. The molecule has 0 saturated carbocycles. The van der Waals surface area contributed by atoms with Crippen molar-refractivity contribution in [2.45, 2.75) is 56.5 Å². The summed E-state index contributed by atoms with van der Waals surface area (Å²) in [7, 11) is -3.97. The molecule has 0 radical (unpaired) electrons. The number of pyridine rings is 2. The second-order valence-electron chi connectivity index (χ2n) is 9.37. The van der Waals surface area contributed by atoms with Crippen molar-refractivity contribution in [2.24, 2.45) is 0 Å². The Morgan fingerprint density at radius 1 is 1.16 bits per heavy atom. The lowest BCUT2D eigenvalue weighted by atomic mass is 10.1. The van der Waals surface area contributed by atoms with E-state index < -0.39 is 45.6 Å². The molecular formula is C24H28F3N5O5S. The van der Waals surface area contributed by atoms with Gasteiger partial charge in [-0.3, -0.25) is 5.32 Å². The average molecular weight is 556 g/mol. The van der Waals surface area contributed by atoms with Crippen LogP contribution in [0.4, 0.5) is 29.6 Å². The van der Waals surface area contributed by atoms with Gasteiger partial charge in [-0.05, 0) is 45.9 Å². The molecule has 38 heavy (non-hydrogen) atoms. The summed E-state index contributed by atoms with van der Waals surface area (Å²) in [6.07, 6.45) is -6.14. The number of carbonyl (C=O) groups excluding carboxylic acids is 1. The molecule has 14 heteroatoms. The number of hydrogen-bond acceptors (Lipinski definition) is 8. The molecule has 2 aromatic heterocycles. The van der Waals surface area contributed by atoms with Crippen LogP contribution in [0.2, 0.25) is 0 Å². The number of aromatic nitrogens is 2. The molecular weight excluding hydrogens is 527 g/mol. The van der Waals surface area contributed by atoms with Crippen LogP contribution >= 0.6 is 0 Å². The summed E-state index contributed by atoms with van der Waals surface area (Å²) >= 11 is 0. The number of anilines is 2. The van der Waals surface area contributed by atoms with Gasteiger partial charge in [0.05, 0.1) is 0 Å². The Morgan fingerprint density at radius 2 is 1.87 bits per heavy atom. The number of nitrogens with zero attached hydrogens (tertiary/aromatic N) is 4. The second-order valence-corrected chi connectivity index (χ2v) is 11.3. The molecule has 3 rings (SSSR count). The van der Waals surface area contributed by atoms with E-state index in [-0.39, 0.29) is 30.3 Å². The van der Waals surface area contributed by atoms with Gasteiger partial charge >= 0.3 is 12.3 Å². The lowest BCUT2D eigenvalue weighted by Crippen LogP contribution is -2.54. The highest BCUT2D eigenvalue weighted by molar-refractivity contribution is 7.89. The number of rotatable bonds is 5. The smallest absolute Gasteiger partial charge is 0.418 e. The van der Waals surface area contributed by atoms with Gasteiger partial charge in [0.1, 0.15) is 28.2 Å². The molecule has 0 aliphatic carbocycles. The Labute approximate surface area is 218 Å². The molecule has 1 aliphatic rings. The van der Waals surface area contributed by atoms with E-state index in [0.717, 1.165) is 18.5 Å². The van der Waals surface area contributed by atoms with E-state index in [1.807, 2.05) is 0 Å². The molecule has 10 nitrogen and oxygen atoms in total. The number of carbonyl (C=O) groups is 1. The van der Waals surface area contributed by atoms with E-state index >= 15 is 0 Å². The first kappa shape index (κ1) is 29.2. The molecule has 206 valence electrons. The zero-order valence-corrected chi connectivity index (χ0v) is 22.0. The van der Waals surface area contributed by atoms with Crippen molar-refractivity contribution in [3.8, 4) is 11.8 Å². The summed E-state index contributed by atoms with van der Waals surface area (Å²) in [5.41, 5.74) is -1.12. The van der Waals surface area contributed by atoms with Gasteiger partial charge in [0.25, 0.3) is 0 Å². The van der Waals surface area contributed by atoms with E-state index in [1.54, 1.807) is 32.6 Å². The predicted octanol–water partition coefficient (Wildman–Crippen LogP) is 3.32. The largest absolute Gasteiger partial charge is 0.444 e. The second kappa shape index (κ2) is 11.1. The van der Waals surface area contributed by atoms with Gasteiger partial charge in [-0.2, -0.15) is 17.5 Å². The van der Waals surface area contributed by atoms with Crippen molar-refractivity contribution >= 4 is 27.8 Å². The summed E-state index contributed by atoms with van der Waals surface area (Å²) < 4.78 is 71.3. The number of amides is 1. The number of ether oxygens (including phenoxy) is 1. The number of alkyl halides is 3. The third-order valence-corrected chi connectivity index (χ3v) is 7.20. The monoisotopic (exact) mass is 555 g/mol. The molecule has 2 atom stereocenters. The Morgan fingerprint density at radius 3 is 2.39 bits per heavy atom. The third-order valence-electron chi connectivity index (χ3n) is 5.35. The van der Waals surface area contributed by atoms with Crippen LogP contribution in [0, 0.1) is 11.8 Å². The van der Waals surface area contributed by atoms with Crippen LogP contribution in [-0.2, 0) is 14.8 Å². The van der Waals surface area contributed by atoms with Crippen molar-refractivity contribution in [1.29, 1.82) is 0 Å². The first-order valence-corrected chi connectivity index (χ1v) is 12.9. The van der Waals surface area contributed by atoms with Crippen LogP contribution in [0.15, 0.2) is 41.6 Å². The van der Waals surface area contributed by atoms with Gasteiger partial charge in [-0.15, -0.1) is 5.92 Å². The molecule has 1 saturated heterocycles. The number of aliphatic hydroxyl groups is 1. The van der Waals surface area contributed by atoms with Gasteiger partial charge in [0, 0.05) is 37.6 Å². The van der Waals surface area contributed by atoms with Crippen LogP contribution in [0.3, 0.4) is 0 Å². The maximum Gasteiger partial charge on any atom is 0.418 e. The van der Waals surface area contributed by atoms with Crippen LogP contribution in [-0.4, -0.2) is 71.3 Å². The maximum atomic E-state index is 13.3. The topological polar surface area (TPSA) is 125 Å². The van der Waals surface area contributed by atoms with Gasteiger partial charge in [-0.25, -0.2) is 23.2 Å². The van der Waals surface area contributed by atoms with Crippen molar-refractivity contribution in [3.63, 3.8) is 0 Å². The zero-order chi connectivity index (χ0) is 28.3. The Balaban J connectivity index is 1.74. The standard InChI is InChI=1S/C24H28F3N5O5S/c1-5-6-17-15-31(11-12-32(17)20-10-7-16(13-29-20)21(33)24(25,26)27)38(35,36)18-8-9-19(28-14-18)30-22(34)37-23(2,3)4/h7-10,13-14,17,21,33H,11-12,15H2,1-4H3,(H,28,30,34). The minimum atomic E-state index is -4.82. The molecule has 0 aromatic carbocycles. The zero-order valence-electron chi connectivity index (χ0n) is 21.2. The van der Waals surface area contributed by atoms with Crippen LogP contribution in [0.25, 0.3) is 0 Å². The van der Waals surface area contributed by atoms with Crippen LogP contribution in [0.1, 0.15) is 39.4 Å². The van der Waals surface area contributed by atoms with Gasteiger partial charge in [0.15, 0.2) is 6.10 Å². The number of aliphatic hydroxyl groups excluding tert-OH is 1. The van der Waals surface area contributed by atoms with Crippen molar-refractivity contribution < 1.29 is 36.2 Å². The lowest BCUT2D eigenvalue weighted by Gasteiger charge is -2.39. The number of nitrogens with one attached hydrogen (secondary N) is 1. The molecule has 1 amide bonds. The highest BCUT2D eigenvalue weighted by Crippen LogP contribution is 2.33. The summed E-state index contributed by atoms with van der Waals surface area (Å²) in [4.78, 5) is 21.6. The Bertz CT molecular complexity index is 1300. The molecule has 2 aromatic rings. The fourth-order valence-electron chi connectivity index (χ4n) is 3.62. The van der Waals surface area contributed by atoms with Crippen molar-refractivity contribution in [3.05, 3.63) is 42.2 Å². The highest BCUT2D eigenvalue weighted by Gasteiger charge is 2.40. The average Bonchev–Trinajstić information content (AvgIpc) is 2.82. The molecule has 1 fully saturated rings. The Kier molecular flexibility index (Phi) is 8.55. The van der Waals surface area contributed by atoms with Crippen LogP contribution < -0.4 is 10.2 Å². The quantitative estimate of drug-likeness (QED) is 0.539. The Hall–Kier alpha value is -3.41. The van der Waals surface area contributed by atoms with Gasteiger partial charge < -0.3 is 14.7 Å². The first-order chi connectivity index (χ1) is 17.6. The minimum Gasteiger partial charge on any atom is -0.444 e. The van der Waals surface area contributed by atoms with Crippen LogP contribution in [0.5, 0.6) is 0 Å². The fourth-order valence-corrected chi connectivity index (χ4v) is 5.01. The van der Waals surface area contributed by atoms with E-state index in [1.165, 1.54) is 22.5 Å². The number of sulfonamides is 1. The molecule has 1 aliphatic heterocycles.